The van der Waals surface area contributed by atoms with Gasteiger partial charge in [-0.05, 0) is 42.7 Å². The van der Waals surface area contributed by atoms with Gasteiger partial charge in [0.2, 0.25) is 0 Å². The highest BCUT2D eigenvalue weighted by molar-refractivity contribution is 5.55. The van der Waals surface area contributed by atoms with Crippen molar-refractivity contribution >= 4 is 5.69 Å². The number of hydrogen-bond acceptors (Lipinski definition) is 2. The zero-order chi connectivity index (χ0) is 13.7. The van der Waals surface area contributed by atoms with E-state index >= 15 is 0 Å². The standard InChI is InChI=1S/C16H19N3/c1-3-7-19-8-6-15(12-19)11-18-16-9-14(10-17)5-4-13(16)2/h4-6,8-9,12,18H,3,7,11H2,1-2H3. The van der Waals surface area contributed by atoms with Crippen molar-refractivity contribution in [1.29, 1.82) is 5.26 Å². The van der Waals surface area contributed by atoms with Crippen molar-refractivity contribution in [2.75, 3.05) is 5.32 Å². The van der Waals surface area contributed by atoms with Crippen molar-refractivity contribution < 1.29 is 0 Å². The van der Waals surface area contributed by atoms with Gasteiger partial charge in [0, 0.05) is 31.2 Å². The Bertz CT molecular complexity index is 590. The van der Waals surface area contributed by atoms with Gasteiger partial charge in [0.1, 0.15) is 0 Å². The Morgan fingerprint density at radius 3 is 2.89 bits per heavy atom. The predicted octanol–water partition coefficient (Wildman–Crippen LogP) is 3.69. The molecule has 1 heterocycles. The van der Waals surface area contributed by atoms with Gasteiger partial charge in [-0.2, -0.15) is 5.26 Å². The molecule has 1 aromatic carbocycles. The first kappa shape index (κ1) is 13.2. The number of nitrogens with one attached hydrogen (secondary N) is 1. The fourth-order valence-corrected chi connectivity index (χ4v) is 2.07. The van der Waals surface area contributed by atoms with Crippen LogP contribution in [0.2, 0.25) is 0 Å². The Balaban J connectivity index is 2.03. The van der Waals surface area contributed by atoms with E-state index in [4.69, 9.17) is 5.26 Å². The van der Waals surface area contributed by atoms with E-state index in [2.05, 4.69) is 41.3 Å². The van der Waals surface area contributed by atoms with E-state index in [0.717, 1.165) is 30.8 Å². The van der Waals surface area contributed by atoms with Crippen LogP contribution < -0.4 is 5.32 Å². The van der Waals surface area contributed by atoms with Crippen molar-refractivity contribution in [1.82, 2.24) is 4.57 Å². The number of nitrogens with zero attached hydrogens (tertiary/aromatic N) is 2. The molecule has 0 aliphatic carbocycles. The molecule has 1 aromatic heterocycles. The molecule has 0 amide bonds. The van der Waals surface area contributed by atoms with Crippen LogP contribution in [0.1, 0.15) is 30.0 Å². The number of benzene rings is 1. The molecule has 1 N–H and O–H groups in total. The normalized spacial score (nSPS) is 10.2. The van der Waals surface area contributed by atoms with Crippen LogP contribution >= 0.6 is 0 Å². The molecule has 98 valence electrons. The van der Waals surface area contributed by atoms with Gasteiger partial charge in [0.25, 0.3) is 0 Å². The van der Waals surface area contributed by atoms with Crippen molar-refractivity contribution in [2.45, 2.75) is 33.4 Å². The summed E-state index contributed by atoms with van der Waals surface area (Å²) in [7, 11) is 0. The molecular formula is C16H19N3. The van der Waals surface area contributed by atoms with Crippen molar-refractivity contribution in [3.8, 4) is 6.07 Å². The van der Waals surface area contributed by atoms with E-state index < -0.39 is 0 Å². The average Bonchev–Trinajstić information content (AvgIpc) is 2.86. The molecule has 2 aromatic rings. The first-order valence-corrected chi connectivity index (χ1v) is 6.62. The summed E-state index contributed by atoms with van der Waals surface area (Å²) in [6, 6.07) is 10.0. The van der Waals surface area contributed by atoms with Crippen molar-refractivity contribution in [2.24, 2.45) is 0 Å². The molecule has 0 radical (unpaired) electrons. The fraction of sp³-hybridized carbons (Fsp3) is 0.312. The van der Waals surface area contributed by atoms with Gasteiger partial charge in [-0.25, -0.2) is 0 Å². The summed E-state index contributed by atoms with van der Waals surface area (Å²) in [4.78, 5) is 0. The van der Waals surface area contributed by atoms with E-state index in [1.165, 1.54) is 5.56 Å². The fourth-order valence-electron chi connectivity index (χ4n) is 2.07. The van der Waals surface area contributed by atoms with Crippen LogP contribution in [0.25, 0.3) is 0 Å². The summed E-state index contributed by atoms with van der Waals surface area (Å²) >= 11 is 0. The summed E-state index contributed by atoms with van der Waals surface area (Å²) in [5.74, 6) is 0. The van der Waals surface area contributed by atoms with E-state index in [0.29, 0.717) is 5.56 Å². The van der Waals surface area contributed by atoms with Gasteiger partial charge in [0.15, 0.2) is 0 Å². The van der Waals surface area contributed by atoms with Crippen molar-refractivity contribution in [3.05, 3.63) is 53.3 Å². The molecule has 0 saturated carbocycles. The molecule has 0 aliphatic rings. The minimum Gasteiger partial charge on any atom is -0.381 e. The number of rotatable bonds is 5. The van der Waals surface area contributed by atoms with Crippen molar-refractivity contribution in [3.63, 3.8) is 0 Å². The zero-order valence-corrected chi connectivity index (χ0v) is 11.5. The largest absolute Gasteiger partial charge is 0.381 e. The average molecular weight is 253 g/mol. The Hall–Kier alpha value is -2.21. The molecule has 2 rings (SSSR count). The second-order valence-corrected chi connectivity index (χ2v) is 4.75. The van der Waals surface area contributed by atoms with Crippen LogP contribution in [0.15, 0.2) is 36.7 Å². The van der Waals surface area contributed by atoms with Crippen LogP contribution in [-0.4, -0.2) is 4.57 Å². The topological polar surface area (TPSA) is 40.8 Å². The third-order valence-corrected chi connectivity index (χ3v) is 3.14. The molecule has 0 spiro atoms. The molecule has 0 aliphatic heterocycles. The molecule has 3 nitrogen and oxygen atoms in total. The molecule has 0 atom stereocenters. The Morgan fingerprint density at radius 1 is 1.32 bits per heavy atom. The molecule has 0 bridgehead atoms. The van der Waals surface area contributed by atoms with Gasteiger partial charge in [-0.3, -0.25) is 0 Å². The van der Waals surface area contributed by atoms with E-state index in [-0.39, 0.29) is 0 Å². The maximum Gasteiger partial charge on any atom is 0.0992 e. The first-order valence-electron chi connectivity index (χ1n) is 6.62. The lowest BCUT2D eigenvalue weighted by atomic mass is 10.1. The van der Waals surface area contributed by atoms with Gasteiger partial charge in [0.05, 0.1) is 11.6 Å². The highest BCUT2D eigenvalue weighted by atomic mass is 14.9. The van der Waals surface area contributed by atoms with E-state index in [1.54, 1.807) is 0 Å². The number of aryl methyl sites for hydroxylation is 2. The Kier molecular flexibility index (Phi) is 4.25. The third kappa shape index (κ3) is 3.38. The van der Waals surface area contributed by atoms with E-state index in [9.17, 15) is 0 Å². The zero-order valence-electron chi connectivity index (χ0n) is 11.5. The van der Waals surface area contributed by atoms with Gasteiger partial charge < -0.3 is 9.88 Å². The molecule has 3 heteroatoms. The van der Waals surface area contributed by atoms with Crippen LogP contribution in [0.3, 0.4) is 0 Å². The Labute approximate surface area is 114 Å². The van der Waals surface area contributed by atoms with Crippen LogP contribution in [0.4, 0.5) is 5.69 Å². The maximum absolute atomic E-state index is 8.92. The third-order valence-electron chi connectivity index (χ3n) is 3.14. The molecule has 19 heavy (non-hydrogen) atoms. The highest BCUT2D eigenvalue weighted by Gasteiger charge is 2.01. The summed E-state index contributed by atoms with van der Waals surface area (Å²) in [5.41, 5.74) is 4.14. The number of anilines is 1. The minimum absolute atomic E-state index is 0.691. The Morgan fingerprint density at radius 2 is 2.16 bits per heavy atom. The first-order chi connectivity index (χ1) is 9.22. The molecule has 0 saturated heterocycles. The quantitative estimate of drug-likeness (QED) is 0.882. The molecule has 0 fully saturated rings. The van der Waals surface area contributed by atoms with Gasteiger partial charge in [-0.15, -0.1) is 0 Å². The van der Waals surface area contributed by atoms with Crippen LogP contribution in [-0.2, 0) is 13.1 Å². The smallest absolute Gasteiger partial charge is 0.0992 e. The number of aromatic nitrogens is 1. The summed E-state index contributed by atoms with van der Waals surface area (Å²) < 4.78 is 2.20. The second-order valence-electron chi connectivity index (χ2n) is 4.75. The lowest BCUT2D eigenvalue weighted by molar-refractivity contribution is 0.681. The summed E-state index contributed by atoms with van der Waals surface area (Å²) in [6.45, 7) is 6.07. The van der Waals surface area contributed by atoms with Gasteiger partial charge in [-0.1, -0.05) is 13.0 Å². The van der Waals surface area contributed by atoms with E-state index in [1.807, 2.05) is 25.1 Å². The molecule has 0 unspecified atom stereocenters. The molecular weight excluding hydrogens is 234 g/mol. The number of nitriles is 1. The summed E-state index contributed by atoms with van der Waals surface area (Å²) in [5, 5.41) is 12.3. The van der Waals surface area contributed by atoms with Crippen LogP contribution in [0, 0.1) is 18.3 Å². The highest BCUT2D eigenvalue weighted by Crippen LogP contribution is 2.17. The lowest BCUT2D eigenvalue weighted by Gasteiger charge is -2.09. The SMILES string of the molecule is CCCn1ccc(CNc2cc(C#N)ccc2C)c1. The second kappa shape index (κ2) is 6.10. The summed E-state index contributed by atoms with van der Waals surface area (Å²) in [6.07, 6.45) is 5.42. The van der Waals surface area contributed by atoms with Crippen LogP contribution in [0.5, 0.6) is 0 Å². The maximum atomic E-state index is 8.92. The van der Waals surface area contributed by atoms with Gasteiger partial charge >= 0.3 is 0 Å². The lowest BCUT2D eigenvalue weighted by Crippen LogP contribution is -2.01. The minimum atomic E-state index is 0.691. The monoisotopic (exact) mass is 253 g/mol. The predicted molar refractivity (Wildman–Crippen MR) is 77.9 cm³/mol. The number of hydrogen-bond donors (Lipinski definition) is 1.